The number of amides is 1. The van der Waals surface area contributed by atoms with Crippen molar-refractivity contribution in [1.29, 1.82) is 0 Å². The maximum atomic E-state index is 12.4. The maximum absolute atomic E-state index is 12.4. The zero-order valence-corrected chi connectivity index (χ0v) is 14.9. The molecule has 0 saturated carbocycles. The first-order valence-corrected chi connectivity index (χ1v) is 9.51. The molecule has 136 valence electrons. The van der Waals surface area contributed by atoms with Crippen LogP contribution in [0.3, 0.4) is 0 Å². The molecule has 3 rings (SSSR count). The van der Waals surface area contributed by atoms with E-state index in [1.807, 2.05) is 37.3 Å². The minimum Gasteiger partial charge on any atom is -0.350 e. The van der Waals surface area contributed by atoms with Gasteiger partial charge >= 0.3 is 0 Å². The molecule has 0 aliphatic rings. The summed E-state index contributed by atoms with van der Waals surface area (Å²) in [4.78, 5) is 12.0. The number of hydrogen-bond donors (Lipinski definition) is 2. The number of fused-ring (bicyclic) bond motifs is 1. The predicted octanol–water partition coefficient (Wildman–Crippen LogP) is 1.77. The van der Waals surface area contributed by atoms with Crippen molar-refractivity contribution in [3.8, 4) is 0 Å². The Balaban J connectivity index is 1.57. The standard InChI is InChI=1S/C17H18N4O4S/c1-12(13-6-3-2-4-7-13)19-16(22)10-11-18-26(23,24)15-9-5-8-14-17(15)21-25-20-14/h2-9,12,18H,10-11H2,1H3,(H,19,22). The smallest absolute Gasteiger partial charge is 0.242 e. The van der Waals surface area contributed by atoms with Gasteiger partial charge in [-0.25, -0.2) is 17.8 Å². The van der Waals surface area contributed by atoms with E-state index in [0.717, 1.165) is 5.56 Å². The van der Waals surface area contributed by atoms with E-state index in [0.29, 0.717) is 5.52 Å². The summed E-state index contributed by atoms with van der Waals surface area (Å²) in [6, 6.07) is 13.9. The summed E-state index contributed by atoms with van der Waals surface area (Å²) >= 11 is 0. The van der Waals surface area contributed by atoms with Crippen LogP contribution in [0.4, 0.5) is 0 Å². The molecule has 0 aliphatic heterocycles. The van der Waals surface area contributed by atoms with Gasteiger partial charge in [-0.15, -0.1) is 0 Å². The molecule has 0 aliphatic carbocycles. The molecule has 2 N–H and O–H groups in total. The second-order valence-corrected chi connectivity index (χ2v) is 7.47. The normalized spacial score (nSPS) is 12.8. The average Bonchev–Trinajstić information content (AvgIpc) is 3.10. The van der Waals surface area contributed by atoms with Gasteiger partial charge in [-0.05, 0) is 34.9 Å². The summed E-state index contributed by atoms with van der Waals surface area (Å²) in [5.74, 6) is -0.245. The van der Waals surface area contributed by atoms with Gasteiger partial charge in [0.15, 0.2) is 5.52 Å². The number of rotatable bonds is 7. The van der Waals surface area contributed by atoms with E-state index in [-0.39, 0.29) is 35.3 Å². The molecule has 1 aromatic heterocycles. The van der Waals surface area contributed by atoms with Crippen molar-refractivity contribution >= 4 is 27.0 Å². The predicted molar refractivity (Wildman–Crippen MR) is 94.6 cm³/mol. The molecular formula is C17H18N4O4S. The topological polar surface area (TPSA) is 114 Å². The zero-order valence-electron chi connectivity index (χ0n) is 14.0. The molecule has 3 aromatic rings. The molecule has 2 aromatic carbocycles. The van der Waals surface area contributed by atoms with Crippen LogP contribution in [0.5, 0.6) is 0 Å². The van der Waals surface area contributed by atoms with Crippen molar-refractivity contribution < 1.29 is 17.8 Å². The van der Waals surface area contributed by atoms with Crippen molar-refractivity contribution in [1.82, 2.24) is 20.4 Å². The average molecular weight is 374 g/mol. The lowest BCUT2D eigenvalue weighted by Gasteiger charge is -2.14. The van der Waals surface area contributed by atoms with Crippen LogP contribution in [0.1, 0.15) is 24.9 Å². The molecule has 0 saturated heterocycles. The fraction of sp³-hybridized carbons (Fsp3) is 0.235. The lowest BCUT2D eigenvalue weighted by Crippen LogP contribution is -2.32. The van der Waals surface area contributed by atoms with Gasteiger partial charge in [0.25, 0.3) is 0 Å². The Morgan fingerprint density at radius 1 is 1.12 bits per heavy atom. The molecule has 9 heteroatoms. The summed E-state index contributed by atoms with van der Waals surface area (Å²) in [7, 11) is -3.83. The maximum Gasteiger partial charge on any atom is 0.242 e. The summed E-state index contributed by atoms with van der Waals surface area (Å²) in [6.45, 7) is 1.84. The van der Waals surface area contributed by atoms with E-state index in [4.69, 9.17) is 0 Å². The molecule has 0 radical (unpaired) electrons. The Hall–Kier alpha value is -2.78. The first-order valence-electron chi connectivity index (χ1n) is 8.02. The van der Waals surface area contributed by atoms with Crippen molar-refractivity contribution in [3.05, 3.63) is 54.1 Å². The number of benzene rings is 2. The molecule has 26 heavy (non-hydrogen) atoms. The van der Waals surface area contributed by atoms with Gasteiger partial charge in [-0.3, -0.25) is 4.79 Å². The van der Waals surface area contributed by atoms with Crippen molar-refractivity contribution in [2.75, 3.05) is 6.54 Å². The van der Waals surface area contributed by atoms with Gasteiger partial charge in [0.2, 0.25) is 15.9 Å². The highest BCUT2D eigenvalue weighted by molar-refractivity contribution is 7.89. The number of nitrogens with one attached hydrogen (secondary N) is 2. The van der Waals surface area contributed by atoms with Crippen molar-refractivity contribution in [2.24, 2.45) is 0 Å². The summed E-state index contributed by atoms with van der Waals surface area (Å²) in [5, 5.41) is 10.1. The van der Waals surface area contributed by atoms with Gasteiger partial charge in [0.1, 0.15) is 10.4 Å². The molecule has 1 atom stereocenters. The number of carbonyl (C=O) groups excluding carboxylic acids is 1. The second-order valence-electron chi connectivity index (χ2n) is 5.74. The Kier molecular flexibility index (Phi) is 5.29. The van der Waals surface area contributed by atoms with Crippen LogP contribution in [0, 0.1) is 0 Å². The molecular weight excluding hydrogens is 356 g/mol. The Morgan fingerprint density at radius 2 is 1.88 bits per heavy atom. The van der Waals surface area contributed by atoms with Gasteiger partial charge in [-0.2, -0.15) is 0 Å². The van der Waals surface area contributed by atoms with Crippen molar-refractivity contribution in [3.63, 3.8) is 0 Å². The van der Waals surface area contributed by atoms with Crippen LogP contribution in [0.15, 0.2) is 58.1 Å². The van der Waals surface area contributed by atoms with Gasteiger partial charge in [0, 0.05) is 13.0 Å². The van der Waals surface area contributed by atoms with Gasteiger partial charge < -0.3 is 5.32 Å². The Morgan fingerprint density at radius 3 is 2.65 bits per heavy atom. The zero-order chi connectivity index (χ0) is 18.6. The third kappa shape index (κ3) is 4.06. The molecule has 1 heterocycles. The third-order valence-electron chi connectivity index (χ3n) is 3.86. The molecule has 0 fully saturated rings. The SMILES string of the molecule is CC(NC(=O)CCNS(=O)(=O)c1cccc2nonc12)c1ccccc1. The van der Waals surface area contributed by atoms with Crippen LogP contribution in [0.25, 0.3) is 11.0 Å². The Labute approximate surface area is 150 Å². The minimum atomic E-state index is -3.83. The number of sulfonamides is 1. The molecule has 0 bridgehead atoms. The summed E-state index contributed by atoms with van der Waals surface area (Å²) < 4.78 is 31.8. The number of hydrogen-bond acceptors (Lipinski definition) is 6. The second kappa shape index (κ2) is 7.63. The highest BCUT2D eigenvalue weighted by Crippen LogP contribution is 2.19. The van der Waals surface area contributed by atoms with E-state index < -0.39 is 10.0 Å². The highest BCUT2D eigenvalue weighted by atomic mass is 32.2. The first kappa shape index (κ1) is 18.0. The minimum absolute atomic E-state index is 0.0173. The van der Waals surface area contributed by atoms with Gasteiger partial charge in [0.05, 0.1) is 6.04 Å². The first-order chi connectivity index (χ1) is 12.5. The van der Waals surface area contributed by atoms with E-state index in [1.165, 1.54) is 6.07 Å². The molecule has 1 unspecified atom stereocenters. The third-order valence-corrected chi connectivity index (χ3v) is 5.35. The van der Waals surface area contributed by atoms with Crippen LogP contribution < -0.4 is 10.0 Å². The lowest BCUT2D eigenvalue weighted by atomic mass is 10.1. The van der Waals surface area contributed by atoms with Gasteiger partial charge in [-0.1, -0.05) is 36.4 Å². The number of carbonyl (C=O) groups is 1. The van der Waals surface area contributed by atoms with Crippen molar-refractivity contribution in [2.45, 2.75) is 24.3 Å². The molecule has 8 nitrogen and oxygen atoms in total. The van der Waals surface area contributed by atoms with Crippen LogP contribution in [-0.2, 0) is 14.8 Å². The monoisotopic (exact) mass is 374 g/mol. The summed E-state index contributed by atoms with van der Waals surface area (Å²) in [6.07, 6.45) is 0.0173. The molecule has 1 amide bonds. The highest BCUT2D eigenvalue weighted by Gasteiger charge is 2.20. The quantitative estimate of drug-likeness (QED) is 0.651. The number of aromatic nitrogens is 2. The molecule has 0 spiro atoms. The lowest BCUT2D eigenvalue weighted by molar-refractivity contribution is -0.121. The van der Waals surface area contributed by atoms with Crippen LogP contribution >= 0.6 is 0 Å². The van der Waals surface area contributed by atoms with Crippen LogP contribution in [-0.4, -0.2) is 31.2 Å². The largest absolute Gasteiger partial charge is 0.350 e. The van der Waals surface area contributed by atoms with E-state index >= 15 is 0 Å². The number of nitrogens with zero attached hydrogens (tertiary/aromatic N) is 2. The van der Waals surface area contributed by atoms with E-state index in [2.05, 4.69) is 25.0 Å². The summed E-state index contributed by atoms with van der Waals surface area (Å²) in [5.41, 5.74) is 1.48. The fourth-order valence-corrected chi connectivity index (χ4v) is 3.69. The van der Waals surface area contributed by atoms with Crippen LogP contribution in [0.2, 0.25) is 0 Å². The fourth-order valence-electron chi connectivity index (χ4n) is 2.51. The van der Waals surface area contributed by atoms with E-state index in [1.54, 1.807) is 12.1 Å². The Bertz CT molecular complexity index is 1000. The van der Waals surface area contributed by atoms with E-state index in [9.17, 15) is 13.2 Å².